The van der Waals surface area contributed by atoms with Crippen LogP contribution in [0.5, 0.6) is 0 Å². The number of carbonyl (C=O) groups is 1. The summed E-state index contributed by atoms with van der Waals surface area (Å²) in [4.78, 5) is 14.0. The fourth-order valence-electron chi connectivity index (χ4n) is 2.91. The van der Waals surface area contributed by atoms with Gasteiger partial charge in [-0.05, 0) is 25.3 Å². The number of nitrogens with zero attached hydrogens (tertiary/aromatic N) is 3. The summed E-state index contributed by atoms with van der Waals surface area (Å²) in [6, 6.07) is 2.01. The molecule has 2 fully saturated rings. The Kier molecular flexibility index (Phi) is 3.65. The lowest BCUT2D eigenvalue weighted by molar-refractivity contribution is -0.169. The number of likely N-dealkylation sites (tertiary alicyclic amines) is 1. The molecular formula is C14H22N4O2. The van der Waals surface area contributed by atoms with E-state index in [4.69, 9.17) is 4.74 Å². The number of hydrogen-bond donors (Lipinski definition) is 1. The molecule has 0 radical (unpaired) electrons. The smallest absolute Gasteiger partial charge is 0.317 e. The van der Waals surface area contributed by atoms with Gasteiger partial charge in [-0.2, -0.15) is 5.10 Å². The number of carbonyl (C=O) groups excluding carboxylic acids is 1. The van der Waals surface area contributed by atoms with Crippen molar-refractivity contribution in [2.24, 2.45) is 7.05 Å². The quantitative estimate of drug-likeness (QED) is 0.894. The third kappa shape index (κ3) is 2.80. The average molecular weight is 278 g/mol. The highest BCUT2D eigenvalue weighted by molar-refractivity contribution is 5.74. The van der Waals surface area contributed by atoms with Crippen molar-refractivity contribution in [3.63, 3.8) is 0 Å². The minimum absolute atomic E-state index is 0.0371. The highest BCUT2D eigenvalue weighted by Gasteiger charge is 2.41. The summed E-state index contributed by atoms with van der Waals surface area (Å²) in [6.45, 7) is 3.12. The van der Waals surface area contributed by atoms with E-state index < -0.39 is 0 Å². The number of amides is 2. The van der Waals surface area contributed by atoms with Crippen molar-refractivity contribution >= 4 is 6.03 Å². The maximum absolute atomic E-state index is 12.1. The Morgan fingerprint density at radius 2 is 2.20 bits per heavy atom. The van der Waals surface area contributed by atoms with Crippen molar-refractivity contribution < 1.29 is 9.53 Å². The standard InChI is InChI=1S/C14H22N4O2/c1-17-8-3-12(16-17)2-7-15-13(19)18-9-4-14(5-10-18)6-11-20-14/h3,8H,2,4-7,9-11H2,1H3,(H,15,19). The molecule has 110 valence electrons. The van der Waals surface area contributed by atoms with Gasteiger partial charge in [0.25, 0.3) is 0 Å². The summed E-state index contributed by atoms with van der Waals surface area (Å²) < 4.78 is 7.44. The minimum Gasteiger partial charge on any atom is -0.375 e. The zero-order valence-corrected chi connectivity index (χ0v) is 12.0. The van der Waals surface area contributed by atoms with Crippen LogP contribution < -0.4 is 5.32 Å². The van der Waals surface area contributed by atoms with Crippen molar-refractivity contribution in [2.75, 3.05) is 26.2 Å². The van der Waals surface area contributed by atoms with E-state index in [2.05, 4.69) is 10.4 Å². The molecule has 2 aliphatic heterocycles. The number of ether oxygens (including phenoxy) is 1. The normalized spacial score (nSPS) is 20.8. The molecule has 2 saturated heterocycles. The largest absolute Gasteiger partial charge is 0.375 e. The third-order valence-electron chi connectivity index (χ3n) is 4.35. The van der Waals surface area contributed by atoms with Gasteiger partial charge in [-0.3, -0.25) is 4.68 Å². The van der Waals surface area contributed by atoms with E-state index in [1.165, 1.54) is 0 Å². The molecule has 0 aliphatic carbocycles. The van der Waals surface area contributed by atoms with E-state index in [0.29, 0.717) is 6.54 Å². The second kappa shape index (κ2) is 5.44. The fourth-order valence-corrected chi connectivity index (χ4v) is 2.91. The summed E-state index contributed by atoms with van der Waals surface area (Å²) in [7, 11) is 1.90. The van der Waals surface area contributed by atoms with Gasteiger partial charge in [0.1, 0.15) is 0 Å². The minimum atomic E-state index is 0.0371. The zero-order chi connectivity index (χ0) is 14.0. The highest BCUT2D eigenvalue weighted by Crippen LogP contribution is 2.36. The van der Waals surface area contributed by atoms with E-state index >= 15 is 0 Å². The molecule has 1 aromatic rings. The molecule has 0 atom stereocenters. The maximum atomic E-state index is 12.1. The molecule has 3 heterocycles. The van der Waals surface area contributed by atoms with Crippen molar-refractivity contribution in [3.8, 4) is 0 Å². The van der Waals surface area contributed by atoms with Gasteiger partial charge >= 0.3 is 6.03 Å². The monoisotopic (exact) mass is 278 g/mol. The van der Waals surface area contributed by atoms with Crippen LogP contribution in [0.1, 0.15) is 25.0 Å². The van der Waals surface area contributed by atoms with Gasteiger partial charge < -0.3 is 15.0 Å². The van der Waals surface area contributed by atoms with Gasteiger partial charge in [0.2, 0.25) is 0 Å². The Morgan fingerprint density at radius 3 is 2.75 bits per heavy atom. The summed E-state index contributed by atoms with van der Waals surface area (Å²) in [5.74, 6) is 0. The number of urea groups is 1. The molecule has 0 saturated carbocycles. The van der Waals surface area contributed by atoms with Crippen molar-refractivity contribution in [1.29, 1.82) is 0 Å². The fraction of sp³-hybridized carbons (Fsp3) is 0.714. The second-order valence-corrected chi connectivity index (χ2v) is 5.73. The summed E-state index contributed by atoms with van der Waals surface area (Å²) in [6.07, 6.45) is 5.79. The van der Waals surface area contributed by atoms with E-state index in [-0.39, 0.29) is 11.6 Å². The van der Waals surface area contributed by atoms with Gasteiger partial charge in [0, 0.05) is 39.3 Å². The predicted molar refractivity (Wildman–Crippen MR) is 74.4 cm³/mol. The van der Waals surface area contributed by atoms with Crippen LogP contribution in [0.25, 0.3) is 0 Å². The third-order valence-corrected chi connectivity index (χ3v) is 4.35. The first kappa shape index (κ1) is 13.4. The molecule has 20 heavy (non-hydrogen) atoms. The SMILES string of the molecule is Cn1ccc(CCNC(=O)N2CCC3(CCO3)CC2)n1. The van der Waals surface area contributed by atoms with Crippen LogP contribution in [-0.4, -0.2) is 52.6 Å². The molecular weight excluding hydrogens is 256 g/mol. The van der Waals surface area contributed by atoms with Crippen LogP contribution in [0, 0.1) is 0 Å². The Bertz CT molecular complexity index is 471. The number of hydrogen-bond acceptors (Lipinski definition) is 3. The van der Waals surface area contributed by atoms with E-state index in [1.807, 2.05) is 24.2 Å². The van der Waals surface area contributed by atoms with Gasteiger partial charge in [-0.25, -0.2) is 4.79 Å². The number of rotatable bonds is 3. The first-order chi connectivity index (χ1) is 9.67. The molecule has 2 aliphatic rings. The molecule has 1 N–H and O–H groups in total. The first-order valence-corrected chi connectivity index (χ1v) is 7.32. The Labute approximate surface area is 119 Å². The number of aryl methyl sites for hydroxylation is 1. The van der Waals surface area contributed by atoms with Crippen molar-refractivity contribution in [1.82, 2.24) is 20.0 Å². The molecule has 2 amide bonds. The topological polar surface area (TPSA) is 59.4 Å². The lowest BCUT2D eigenvalue weighted by atomic mass is 9.84. The van der Waals surface area contributed by atoms with E-state index in [9.17, 15) is 4.79 Å². The Morgan fingerprint density at radius 1 is 1.45 bits per heavy atom. The molecule has 1 spiro atoms. The molecule has 0 unspecified atom stereocenters. The van der Waals surface area contributed by atoms with Crippen LogP contribution in [0.3, 0.4) is 0 Å². The van der Waals surface area contributed by atoms with Gasteiger partial charge in [0.15, 0.2) is 0 Å². The van der Waals surface area contributed by atoms with Gasteiger partial charge in [-0.15, -0.1) is 0 Å². The number of nitrogens with one attached hydrogen (secondary N) is 1. The molecule has 0 aromatic carbocycles. The molecule has 6 heteroatoms. The summed E-state index contributed by atoms with van der Waals surface area (Å²) in [5.41, 5.74) is 1.11. The zero-order valence-electron chi connectivity index (χ0n) is 12.0. The average Bonchev–Trinajstić information content (AvgIpc) is 2.83. The second-order valence-electron chi connectivity index (χ2n) is 5.73. The summed E-state index contributed by atoms with van der Waals surface area (Å²) in [5, 5.41) is 7.26. The first-order valence-electron chi connectivity index (χ1n) is 7.32. The lowest BCUT2D eigenvalue weighted by Gasteiger charge is -2.47. The molecule has 6 nitrogen and oxygen atoms in total. The van der Waals surface area contributed by atoms with Gasteiger partial charge in [0.05, 0.1) is 17.9 Å². The van der Waals surface area contributed by atoms with E-state index in [1.54, 1.807) is 4.68 Å². The van der Waals surface area contributed by atoms with Crippen LogP contribution in [0.15, 0.2) is 12.3 Å². The molecule has 3 rings (SSSR count). The Hall–Kier alpha value is -1.56. The van der Waals surface area contributed by atoms with Gasteiger partial charge in [-0.1, -0.05) is 0 Å². The van der Waals surface area contributed by atoms with Crippen LogP contribution >= 0.6 is 0 Å². The molecule has 0 bridgehead atoms. The van der Waals surface area contributed by atoms with Crippen LogP contribution in [0.2, 0.25) is 0 Å². The van der Waals surface area contributed by atoms with Crippen LogP contribution in [-0.2, 0) is 18.2 Å². The lowest BCUT2D eigenvalue weighted by Crippen LogP contribution is -2.55. The highest BCUT2D eigenvalue weighted by atomic mass is 16.5. The van der Waals surface area contributed by atoms with Crippen LogP contribution in [0.4, 0.5) is 4.79 Å². The molecule has 1 aromatic heterocycles. The van der Waals surface area contributed by atoms with Crippen molar-refractivity contribution in [3.05, 3.63) is 18.0 Å². The summed E-state index contributed by atoms with van der Waals surface area (Å²) >= 11 is 0. The number of aromatic nitrogens is 2. The Balaban J connectivity index is 1.39. The van der Waals surface area contributed by atoms with Crippen molar-refractivity contribution in [2.45, 2.75) is 31.3 Å². The maximum Gasteiger partial charge on any atom is 0.317 e. The number of piperidine rings is 1. The predicted octanol–water partition coefficient (Wildman–Crippen LogP) is 0.927. The van der Waals surface area contributed by atoms with E-state index in [0.717, 1.165) is 51.1 Å².